The predicted octanol–water partition coefficient (Wildman–Crippen LogP) is 3.40. The number of methoxy groups -OCH3 is 1. The van der Waals surface area contributed by atoms with Crippen molar-refractivity contribution >= 4 is 21.6 Å². The first-order chi connectivity index (χ1) is 11.3. The van der Waals surface area contributed by atoms with E-state index < -0.39 is 16.1 Å². The zero-order valence-electron chi connectivity index (χ0n) is 13.7. The van der Waals surface area contributed by atoms with Crippen LogP contribution < -0.4 is 14.2 Å². The monoisotopic (exact) mass is 369 g/mol. The molecule has 0 fully saturated rings. The van der Waals surface area contributed by atoms with Crippen LogP contribution in [0, 0.1) is 6.92 Å². The van der Waals surface area contributed by atoms with Gasteiger partial charge >= 0.3 is 0 Å². The molecule has 2 aromatic carbocycles. The summed E-state index contributed by atoms with van der Waals surface area (Å²) >= 11 is 5.90. The molecule has 1 atom stereocenters. The number of aryl methyl sites for hydroxylation is 1. The van der Waals surface area contributed by atoms with E-state index in [9.17, 15) is 8.42 Å². The van der Waals surface area contributed by atoms with Crippen LogP contribution in [0.15, 0.2) is 47.4 Å². The van der Waals surface area contributed by atoms with E-state index in [1.165, 1.54) is 19.2 Å². The fourth-order valence-electron chi connectivity index (χ4n) is 2.16. The number of ether oxygens (including phenoxy) is 2. The van der Waals surface area contributed by atoms with Crippen LogP contribution >= 0.6 is 11.6 Å². The number of hydrogen-bond donors (Lipinski definition) is 1. The van der Waals surface area contributed by atoms with E-state index in [1.807, 2.05) is 31.2 Å². The molecule has 0 radical (unpaired) electrons. The summed E-state index contributed by atoms with van der Waals surface area (Å²) in [6.45, 7) is 3.86. The van der Waals surface area contributed by atoms with E-state index >= 15 is 0 Å². The number of hydrogen-bond acceptors (Lipinski definition) is 4. The number of para-hydroxylation sites is 1. The maximum absolute atomic E-state index is 12.5. The fraction of sp³-hybridized carbons (Fsp3) is 0.294. The molecule has 5 nitrogen and oxygen atoms in total. The van der Waals surface area contributed by atoms with E-state index in [2.05, 4.69) is 4.72 Å². The van der Waals surface area contributed by atoms with Crippen molar-refractivity contribution in [3.8, 4) is 11.5 Å². The van der Waals surface area contributed by atoms with Crippen LogP contribution in [0.5, 0.6) is 11.5 Å². The summed E-state index contributed by atoms with van der Waals surface area (Å²) in [5.41, 5.74) is 0.990. The lowest BCUT2D eigenvalue weighted by molar-refractivity contribution is 0.285. The van der Waals surface area contributed by atoms with Crippen LogP contribution in [0.3, 0.4) is 0 Å². The summed E-state index contributed by atoms with van der Waals surface area (Å²) in [5.74, 6) is 0.961. The lowest BCUT2D eigenvalue weighted by Crippen LogP contribution is -2.37. The molecule has 0 spiro atoms. The normalized spacial score (nSPS) is 12.7. The molecule has 0 aliphatic heterocycles. The molecule has 0 saturated heterocycles. The quantitative estimate of drug-likeness (QED) is 0.812. The third-order valence-corrected chi connectivity index (χ3v) is 5.20. The van der Waals surface area contributed by atoms with Gasteiger partial charge < -0.3 is 9.47 Å². The third kappa shape index (κ3) is 4.63. The zero-order valence-corrected chi connectivity index (χ0v) is 15.3. The highest BCUT2D eigenvalue weighted by atomic mass is 35.5. The Morgan fingerprint density at radius 1 is 1.17 bits per heavy atom. The van der Waals surface area contributed by atoms with Gasteiger partial charge in [0.2, 0.25) is 10.0 Å². The van der Waals surface area contributed by atoms with Crippen molar-refractivity contribution in [1.82, 2.24) is 4.72 Å². The smallest absolute Gasteiger partial charge is 0.244 e. The molecule has 0 heterocycles. The molecular weight excluding hydrogens is 350 g/mol. The van der Waals surface area contributed by atoms with Crippen molar-refractivity contribution in [1.29, 1.82) is 0 Å². The number of benzene rings is 2. The summed E-state index contributed by atoms with van der Waals surface area (Å²) in [5, 5.41) is 0.319. The van der Waals surface area contributed by atoms with E-state index in [4.69, 9.17) is 21.1 Å². The zero-order chi connectivity index (χ0) is 17.7. The van der Waals surface area contributed by atoms with Gasteiger partial charge in [0, 0.05) is 5.02 Å². The number of nitrogens with one attached hydrogen (secondary N) is 1. The Morgan fingerprint density at radius 2 is 1.88 bits per heavy atom. The highest BCUT2D eigenvalue weighted by molar-refractivity contribution is 7.89. The van der Waals surface area contributed by atoms with Gasteiger partial charge in [-0.25, -0.2) is 13.1 Å². The van der Waals surface area contributed by atoms with Crippen molar-refractivity contribution in [2.24, 2.45) is 0 Å². The van der Waals surface area contributed by atoms with Crippen LogP contribution in [-0.4, -0.2) is 28.2 Å². The highest BCUT2D eigenvalue weighted by Gasteiger charge is 2.22. The molecule has 0 aliphatic rings. The van der Waals surface area contributed by atoms with Crippen molar-refractivity contribution in [2.75, 3.05) is 13.7 Å². The Bertz CT molecular complexity index is 808. The molecule has 0 aliphatic carbocycles. The maximum atomic E-state index is 12.5. The van der Waals surface area contributed by atoms with Gasteiger partial charge in [-0.05, 0) is 43.7 Å². The molecule has 0 bridgehead atoms. The maximum Gasteiger partial charge on any atom is 0.244 e. The van der Waals surface area contributed by atoms with Crippen LogP contribution in [0.2, 0.25) is 5.02 Å². The van der Waals surface area contributed by atoms with Gasteiger partial charge in [0.1, 0.15) is 23.0 Å². The topological polar surface area (TPSA) is 64.6 Å². The molecule has 2 rings (SSSR count). The third-order valence-electron chi connectivity index (χ3n) is 3.35. The van der Waals surface area contributed by atoms with Crippen molar-refractivity contribution in [3.63, 3.8) is 0 Å². The van der Waals surface area contributed by atoms with Crippen molar-refractivity contribution < 1.29 is 17.9 Å². The van der Waals surface area contributed by atoms with Crippen LogP contribution in [0.1, 0.15) is 12.5 Å². The molecule has 24 heavy (non-hydrogen) atoms. The first-order valence-electron chi connectivity index (χ1n) is 7.38. The molecule has 1 unspecified atom stereocenters. The molecule has 2 aromatic rings. The van der Waals surface area contributed by atoms with Gasteiger partial charge in [-0.2, -0.15) is 0 Å². The minimum atomic E-state index is -3.78. The summed E-state index contributed by atoms with van der Waals surface area (Å²) in [4.78, 5) is 0.000224. The predicted molar refractivity (Wildman–Crippen MR) is 94.5 cm³/mol. The van der Waals surface area contributed by atoms with E-state index in [1.54, 1.807) is 13.0 Å². The Hall–Kier alpha value is -1.76. The molecule has 0 aromatic heterocycles. The lowest BCUT2D eigenvalue weighted by Gasteiger charge is -2.17. The second-order valence-electron chi connectivity index (χ2n) is 5.39. The molecule has 1 N–H and O–H groups in total. The van der Waals surface area contributed by atoms with Crippen molar-refractivity contribution in [2.45, 2.75) is 24.8 Å². The van der Waals surface area contributed by atoms with E-state index in [0.717, 1.165) is 11.3 Å². The molecule has 0 amide bonds. The van der Waals surface area contributed by atoms with Crippen LogP contribution in [0.25, 0.3) is 0 Å². The minimum absolute atomic E-state index is 0.000224. The molecule has 130 valence electrons. The second-order valence-corrected chi connectivity index (χ2v) is 7.51. The van der Waals surface area contributed by atoms with E-state index in [0.29, 0.717) is 5.02 Å². The summed E-state index contributed by atoms with van der Waals surface area (Å²) < 4.78 is 38.4. The van der Waals surface area contributed by atoms with Crippen LogP contribution in [-0.2, 0) is 10.0 Å². The second kappa shape index (κ2) is 7.88. The van der Waals surface area contributed by atoms with Crippen molar-refractivity contribution in [3.05, 3.63) is 53.1 Å². The number of sulfonamides is 1. The summed E-state index contributed by atoms with van der Waals surface area (Å²) in [6, 6.07) is 11.6. The largest absolute Gasteiger partial charge is 0.495 e. The average Bonchev–Trinajstić information content (AvgIpc) is 2.53. The molecular formula is C17H20ClNO4S. The Labute approximate surface area is 147 Å². The Morgan fingerprint density at radius 3 is 2.54 bits per heavy atom. The minimum Gasteiger partial charge on any atom is -0.495 e. The van der Waals surface area contributed by atoms with Gasteiger partial charge in [-0.15, -0.1) is 0 Å². The lowest BCUT2D eigenvalue weighted by atomic mass is 10.2. The standard InChI is InChI=1S/C17H20ClNO4S/c1-12-6-4-5-7-15(12)23-11-13(2)19-24(20,21)17-10-14(18)8-9-16(17)22-3/h4-10,13,19H,11H2,1-3H3. The molecule has 7 heteroatoms. The van der Waals surface area contributed by atoms with Gasteiger partial charge in [0.25, 0.3) is 0 Å². The number of halogens is 1. The highest BCUT2D eigenvalue weighted by Crippen LogP contribution is 2.27. The van der Waals surface area contributed by atoms with Gasteiger partial charge in [-0.1, -0.05) is 29.8 Å². The number of rotatable bonds is 7. The van der Waals surface area contributed by atoms with Gasteiger partial charge in [0.05, 0.1) is 13.2 Å². The summed E-state index contributed by atoms with van der Waals surface area (Å²) in [7, 11) is -2.37. The average molecular weight is 370 g/mol. The SMILES string of the molecule is COc1ccc(Cl)cc1S(=O)(=O)NC(C)COc1ccccc1C. The fourth-order valence-corrected chi connectivity index (χ4v) is 3.82. The Balaban J connectivity index is 2.09. The first kappa shape index (κ1) is 18.6. The molecule has 0 saturated carbocycles. The first-order valence-corrected chi connectivity index (χ1v) is 9.24. The van der Waals surface area contributed by atoms with Gasteiger partial charge in [-0.3, -0.25) is 0 Å². The van der Waals surface area contributed by atoms with E-state index in [-0.39, 0.29) is 17.3 Å². The van der Waals surface area contributed by atoms with Gasteiger partial charge in [0.15, 0.2) is 0 Å². The summed E-state index contributed by atoms with van der Waals surface area (Å²) in [6.07, 6.45) is 0. The Kier molecular flexibility index (Phi) is 6.10. The van der Waals surface area contributed by atoms with Crippen LogP contribution in [0.4, 0.5) is 0 Å².